The molecular formula is C19H22N4O2. The first-order valence-corrected chi connectivity index (χ1v) is 8.72. The Labute approximate surface area is 147 Å². The minimum atomic E-state index is -0.0722. The van der Waals surface area contributed by atoms with Gasteiger partial charge in [-0.1, -0.05) is 24.3 Å². The number of rotatable bonds is 2. The van der Waals surface area contributed by atoms with E-state index in [9.17, 15) is 4.79 Å². The summed E-state index contributed by atoms with van der Waals surface area (Å²) in [5, 5.41) is 3.05. The molecule has 0 saturated carbocycles. The van der Waals surface area contributed by atoms with Crippen LogP contribution in [0.2, 0.25) is 0 Å². The number of carbonyl (C=O) groups excluding carboxylic acids is 1. The van der Waals surface area contributed by atoms with E-state index in [4.69, 9.17) is 4.74 Å². The molecule has 0 bridgehead atoms. The van der Waals surface area contributed by atoms with Gasteiger partial charge in [0, 0.05) is 32.4 Å². The molecule has 1 fully saturated rings. The number of carbonyl (C=O) groups is 1. The summed E-state index contributed by atoms with van der Waals surface area (Å²) in [7, 11) is 0. The number of hydrogen-bond acceptors (Lipinski definition) is 4. The van der Waals surface area contributed by atoms with E-state index in [0.717, 1.165) is 37.6 Å². The third-order valence-corrected chi connectivity index (χ3v) is 4.76. The van der Waals surface area contributed by atoms with E-state index in [1.807, 2.05) is 23.1 Å². The van der Waals surface area contributed by atoms with Gasteiger partial charge in [0.1, 0.15) is 0 Å². The lowest BCUT2D eigenvalue weighted by Crippen LogP contribution is -2.40. The molecule has 1 aromatic carbocycles. The van der Waals surface area contributed by atoms with Gasteiger partial charge in [-0.05, 0) is 29.7 Å². The highest BCUT2D eigenvalue weighted by molar-refractivity contribution is 5.92. The molecule has 0 radical (unpaired) electrons. The fraction of sp³-hybridized carbons (Fsp3) is 0.368. The molecule has 0 spiro atoms. The molecule has 4 rings (SSSR count). The van der Waals surface area contributed by atoms with Crippen molar-refractivity contribution in [3.63, 3.8) is 0 Å². The van der Waals surface area contributed by atoms with Crippen LogP contribution in [0.5, 0.6) is 0 Å². The van der Waals surface area contributed by atoms with Crippen LogP contribution in [0.4, 0.5) is 16.3 Å². The van der Waals surface area contributed by atoms with Crippen LogP contribution in [-0.4, -0.2) is 48.8 Å². The molecule has 2 aliphatic heterocycles. The number of anilines is 2. The Hall–Kier alpha value is -2.60. The molecule has 2 aromatic rings. The Morgan fingerprint density at radius 3 is 2.68 bits per heavy atom. The van der Waals surface area contributed by atoms with Gasteiger partial charge in [-0.25, -0.2) is 9.78 Å². The Morgan fingerprint density at radius 1 is 1.04 bits per heavy atom. The van der Waals surface area contributed by atoms with Crippen LogP contribution in [-0.2, 0) is 17.7 Å². The zero-order valence-corrected chi connectivity index (χ0v) is 14.1. The molecule has 2 aliphatic rings. The van der Waals surface area contributed by atoms with E-state index in [0.29, 0.717) is 19.8 Å². The molecule has 1 saturated heterocycles. The minimum Gasteiger partial charge on any atom is -0.378 e. The van der Waals surface area contributed by atoms with E-state index >= 15 is 0 Å². The molecule has 2 amide bonds. The molecule has 0 aliphatic carbocycles. The number of amides is 2. The van der Waals surface area contributed by atoms with Gasteiger partial charge in [-0.3, -0.25) is 0 Å². The van der Waals surface area contributed by atoms with Crippen molar-refractivity contribution in [1.82, 2.24) is 9.88 Å². The Kier molecular flexibility index (Phi) is 4.52. The Morgan fingerprint density at radius 2 is 1.84 bits per heavy atom. The van der Waals surface area contributed by atoms with E-state index in [-0.39, 0.29) is 6.03 Å². The fourth-order valence-corrected chi connectivity index (χ4v) is 3.39. The second-order valence-corrected chi connectivity index (χ2v) is 6.34. The summed E-state index contributed by atoms with van der Waals surface area (Å²) in [6.07, 6.45) is 2.66. The third kappa shape index (κ3) is 3.44. The van der Waals surface area contributed by atoms with Gasteiger partial charge in [-0.2, -0.15) is 0 Å². The number of nitrogens with one attached hydrogen (secondary N) is 1. The highest BCUT2D eigenvalue weighted by Gasteiger charge is 2.22. The van der Waals surface area contributed by atoms with Crippen LogP contribution in [0.25, 0.3) is 0 Å². The number of aromatic nitrogens is 1. The topological polar surface area (TPSA) is 57.7 Å². The number of hydrogen-bond donors (Lipinski definition) is 1. The number of morpholine rings is 1. The number of fused-ring (bicyclic) bond motifs is 1. The van der Waals surface area contributed by atoms with Crippen LogP contribution in [0.15, 0.2) is 42.6 Å². The number of nitrogens with zero attached hydrogens (tertiary/aromatic N) is 3. The molecule has 1 N–H and O–H groups in total. The number of benzene rings is 1. The van der Waals surface area contributed by atoms with Crippen molar-refractivity contribution >= 4 is 17.5 Å². The highest BCUT2D eigenvalue weighted by Crippen LogP contribution is 2.25. The SMILES string of the molecule is O=C(Nc1cccnc1N1CCOCC1)N1CCc2ccccc2C1. The summed E-state index contributed by atoms with van der Waals surface area (Å²) < 4.78 is 5.41. The lowest BCUT2D eigenvalue weighted by molar-refractivity contribution is 0.122. The minimum absolute atomic E-state index is 0.0722. The van der Waals surface area contributed by atoms with Crippen LogP contribution in [0.1, 0.15) is 11.1 Å². The second-order valence-electron chi connectivity index (χ2n) is 6.34. The van der Waals surface area contributed by atoms with Crippen molar-refractivity contribution in [3.8, 4) is 0 Å². The van der Waals surface area contributed by atoms with Crippen LogP contribution < -0.4 is 10.2 Å². The first-order valence-electron chi connectivity index (χ1n) is 8.72. The van der Waals surface area contributed by atoms with Crippen molar-refractivity contribution in [2.75, 3.05) is 43.1 Å². The predicted molar refractivity (Wildman–Crippen MR) is 96.8 cm³/mol. The maximum Gasteiger partial charge on any atom is 0.322 e. The van der Waals surface area contributed by atoms with Gasteiger partial charge in [0.15, 0.2) is 5.82 Å². The number of urea groups is 1. The molecule has 6 heteroatoms. The maximum absolute atomic E-state index is 12.8. The number of pyridine rings is 1. The average molecular weight is 338 g/mol. The van der Waals surface area contributed by atoms with E-state index in [2.05, 4.69) is 33.4 Å². The standard InChI is InChI=1S/C19H22N4O2/c24-19(23-9-7-15-4-1-2-5-16(15)14-23)21-17-6-3-8-20-18(17)22-10-12-25-13-11-22/h1-6,8H,7,9-14H2,(H,21,24). The van der Waals surface area contributed by atoms with Crippen molar-refractivity contribution in [2.45, 2.75) is 13.0 Å². The quantitative estimate of drug-likeness (QED) is 0.914. The average Bonchev–Trinajstić information content (AvgIpc) is 2.68. The molecule has 6 nitrogen and oxygen atoms in total. The van der Waals surface area contributed by atoms with Gasteiger partial charge in [0.05, 0.1) is 18.9 Å². The van der Waals surface area contributed by atoms with Gasteiger partial charge in [0.25, 0.3) is 0 Å². The largest absolute Gasteiger partial charge is 0.378 e. The summed E-state index contributed by atoms with van der Waals surface area (Å²) in [5.74, 6) is 0.816. The lowest BCUT2D eigenvalue weighted by atomic mass is 10.0. The zero-order chi connectivity index (χ0) is 17.1. The molecule has 130 valence electrons. The Bertz CT molecular complexity index is 759. The van der Waals surface area contributed by atoms with Crippen LogP contribution >= 0.6 is 0 Å². The maximum atomic E-state index is 12.8. The number of ether oxygens (including phenoxy) is 1. The summed E-state index contributed by atoms with van der Waals surface area (Å²) in [4.78, 5) is 21.2. The third-order valence-electron chi connectivity index (χ3n) is 4.76. The highest BCUT2D eigenvalue weighted by atomic mass is 16.5. The zero-order valence-electron chi connectivity index (χ0n) is 14.1. The lowest BCUT2D eigenvalue weighted by Gasteiger charge is -2.31. The summed E-state index contributed by atoms with van der Waals surface area (Å²) >= 11 is 0. The first kappa shape index (κ1) is 15.9. The molecule has 0 unspecified atom stereocenters. The van der Waals surface area contributed by atoms with Crippen molar-refractivity contribution < 1.29 is 9.53 Å². The summed E-state index contributed by atoms with van der Waals surface area (Å²) in [6.45, 7) is 4.33. The van der Waals surface area contributed by atoms with Crippen molar-refractivity contribution in [2.24, 2.45) is 0 Å². The summed E-state index contributed by atoms with van der Waals surface area (Å²) in [6, 6.07) is 12.0. The van der Waals surface area contributed by atoms with Gasteiger partial charge < -0.3 is 19.9 Å². The summed E-state index contributed by atoms with van der Waals surface area (Å²) in [5.41, 5.74) is 3.32. The molecule has 0 atom stereocenters. The van der Waals surface area contributed by atoms with Crippen LogP contribution in [0.3, 0.4) is 0 Å². The Balaban J connectivity index is 1.48. The van der Waals surface area contributed by atoms with Gasteiger partial charge >= 0.3 is 6.03 Å². The fourth-order valence-electron chi connectivity index (χ4n) is 3.39. The first-order chi connectivity index (χ1) is 12.3. The van der Waals surface area contributed by atoms with E-state index in [1.54, 1.807) is 6.20 Å². The second kappa shape index (κ2) is 7.11. The molecular weight excluding hydrogens is 316 g/mol. The van der Waals surface area contributed by atoms with Crippen molar-refractivity contribution in [1.29, 1.82) is 0 Å². The normalized spacial score (nSPS) is 17.1. The van der Waals surface area contributed by atoms with Gasteiger partial charge in [0.2, 0.25) is 0 Å². The predicted octanol–water partition coefficient (Wildman–Crippen LogP) is 2.51. The van der Waals surface area contributed by atoms with Crippen LogP contribution in [0, 0.1) is 0 Å². The van der Waals surface area contributed by atoms with Crippen molar-refractivity contribution in [3.05, 3.63) is 53.7 Å². The van der Waals surface area contributed by atoms with Gasteiger partial charge in [-0.15, -0.1) is 0 Å². The molecule has 3 heterocycles. The van der Waals surface area contributed by atoms with E-state index in [1.165, 1.54) is 11.1 Å². The molecule has 1 aromatic heterocycles. The molecule has 25 heavy (non-hydrogen) atoms. The smallest absolute Gasteiger partial charge is 0.322 e. The monoisotopic (exact) mass is 338 g/mol. The van der Waals surface area contributed by atoms with E-state index < -0.39 is 0 Å².